The van der Waals surface area contributed by atoms with Crippen LogP contribution in [-0.4, -0.2) is 41.1 Å². The Labute approximate surface area is 126 Å². The third-order valence-electron chi connectivity index (χ3n) is 2.97. The SMILES string of the molecule is COCC1(C)NC(=O)N(Cc2ncc(Cl)cc2Cl)C1=O. The molecule has 1 saturated heterocycles. The van der Waals surface area contributed by atoms with Crippen LogP contribution in [0.5, 0.6) is 0 Å². The van der Waals surface area contributed by atoms with Gasteiger partial charge in [0.15, 0.2) is 0 Å². The van der Waals surface area contributed by atoms with E-state index in [1.54, 1.807) is 6.92 Å². The fourth-order valence-electron chi connectivity index (χ4n) is 1.99. The summed E-state index contributed by atoms with van der Waals surface area (Å²) in [5.74, 6) is -0.378. The predicted octanol–water partition coefficient (Wildman–Crippen LogP) is 1.85. The third kappa shape index (κ3) is 2.72. The molecule has 3 amide bonds. The zero-order valence-corrected chi connectivity index (χ0v) is 12.5. The molecular formula is C12H13Cl2N3O3. The Balaban J connectivity index is 2.21. The van der Waals surface area contributed by atoms with Gasteiger partial charge in [0.2, 0.25) is 0 Å². The Morgan fingerprint density at radius 1 is 1.45 bits per heavy atom. The van der Waals surface area contributed by atoms with Gasteiger partial charge in [-0.2, -0.15) is 0 Å². The maximum atomic E-state index is 12.3. The van der Waals surface area contributed by atoms with Crippen molar-refractivity contribution in [3.05, 3.63) is 28.0 Å². The average Bonchev–Trinajstić information content (AvgIpc) is 2.56. The van der Waals surface area contributed by atoms with Crippen LogP contribution < -0.4 is 5.32 Å². The molecule has 2 heterocycles. The Morgan fingerprint density at radius 2 is 2.15 bits per heavy atom. The highest BCUT2D eigenvalue weighted by molar-refractivity contribution is 6.34. The lowest BCUT2D eigenvalue weighted by Crippen LogP contribution is -2.47. The van der Waals surface area contributed by atoms with Crippen molar-refractivity contribution in [2.45, 2.75) is 19.0 Å². The van der Waals surface area contributed by atoms with Crippen LogP contribution >= 0.6 is 23.2 Å². The minimum absolute atomic E-state index is 0.0139. The number of ether oxygens (including phenoxy) is 1. The lowest BCUT2D eigenvalue weighted by atomic mass is 10.0. The van der Waals surface area contributed by atoms with Gasteiger partial charge >= 0.3 is 6.03 Å². The fraction of sp³-hybridized carbons (Fsp3) is 0.417. The monoisotopic (exact) mass is 317 g/mol. The highest BCUT2D eigenvalue weighted by Crippen LogP contribution is 2.24. The summed E-state index contributed by atoms with van der Waals surface area (Å²) in [6.07, 6.45) is 1.41. The minimum Gasteiger partial charge on any atom is -0.382 e. The number of imide groups is 1. The molecule has 1 atom stereocenters. The molecule has 108 valence electrons. The first kappa shape index (κ1) is 15.0. The molecule has 1 unspecified atom stereocenters. The van der Waals surface area contributed by atoms with Crippen LogP contribution in [0.3, 0.4) is 0 Å². The molecule has 0 radical (unpaired) electrons. The highest BCUT2D eigenvalue weighted by Gasteiger charge is 2.48. The molecule has 1 aromatic heterocycles. The maximum absolute atomic E-state index is 12.3. The standard InChI is InChI=1S/C12H13Cl2N3O3/c1-12(6-20-2)10(18)17(11(19)16-12)5-9-8(14)3-7(13)4-15-9/h3-4H,5-6H2,1-2H3,(H,16,19). The summed E-state index contributed by atoms with van der Waals surface area (Å²) >= 11 is 11.7. The molecule has 20 heavy (non-hydrogen) atoms. The molecule has 1 N–H and O–H groups in total. The van der Waals surface area contributed by atoms with Gasteiger partial charge in [0.1, 0.15) is 5.54 Å². The van der Waals surface area contributed by atoms with Crippen molar-refractivity contribution >= 4 is 35.1 Å². The second-order valence-corrected chi connectivity index (χ2v) is 5.51. The predicted molar refractivity (Wildman–Crippen MR) is 73.6 cm³/mol. The Morgan fingerprint density at radius 3 is 2.75 bits per heavy atom. The van der Waals surface area contributed by atoms with Crippen molar-refractivity contribution in [2.24, 2.45) is 0 Å². The van der Waals surface area contributed by atoms with E-state index in [1.165, 1.54) is 19.4 Å². The van der Waals surface area contributed by atoms with Crippen LogP contribution in [0.4, 0.5) is 4.79 Å². The first-order chi connectivity index (χ1) is 9.37. The van der Waals surface area contributed by atoms with E-state index in [1.807, 2.05) is 0 Å². The Bertz CT molecular complexity index is 567. The first-order valence-electron chi connectivity index (χ1n) is 5.80. The minimum atomic E-state index is -1.06. The maximum Gasteiger partial charge on any atom is 0.325 e. The molecule has 1 aliphatic heterocycles. The van der Waals surface area contributed by atoms with Crippen LogP contribution in [0.25, 0.3) is 0 Å². The van der Waals surface area contributed by atoms with Crippen molar-refractivity contribution in [1.29, 1.82) is 0 Å². The van der Waals surface area contributed by atoms with E-state index in [0.29, 0.717) is 15.7 Å². The number of methoxy groups -OCH3 is 1. The number of carbonyl (C=O) groups excluding carboxylic acids is 2. The number of hydrogen-bond acceptors (Lipinski definition) is 4. The molecule has 0 saturated carbocycles. The molecule has 0 aromatic carbocycles. The molecule has 1 aliphatic rings. The van der Waals surface area contributed by atoms with Crippen molar-refractivity contribution in [3.8, 4) is 0 Å². The van der Waals surface area contributed by atoms with Crippen LogP contribution in [0, 0.1) is 0 Å². The van der Waals surface area contributed by atoms with Gasteiger partial charge in [0.05, 0.1) is 28.9 Å². The van der Waals surface area contributed by atoms with E-state index in [4.69, 9.17) is 27.9 Å². The van der Waals surface area contributed by atoms with Gasteiger partial charge in [-0.05, 0) is 13.0 Å². The number of pyridine rings is 1. The van der Waals surface area contributed by atoms with Gasteiger partial charge in [0.25, 0.3) is 5.91 Å². The topological polar surface area (TPSA) is 71.5 Å². The van der Waals surface area contributed by atoms with E-state index in [0.717, 1.165) is 4.90 Å². The number of aromatic nitrogens is 1. The van der Waals surface area contributed by atoms with Crippen LogP contribution in [0.2, 0.25) is 10.0 Å². The van der Waals surface area contributed by atoms with E-state index in [9.17, 15) is 9.59 Å². The largest absolute Gasteiger partial charge is 0.382 e. The smallest absolute Gasteiger partial charge is 0.325 e. The first-order valence-corrected chi connectivity index (χ1v) is 6.56. The van der Waals surface area contributed by atoms with Gasteiger partial charge in [0, 0.05) is 13.3 Å². The zero-order valence-electron chi connectivity index (χ0n) is 10.9. The average molecular weight is 318 g/mol. The molecule has 0 bridgehead atoms. The lowest BCUT2D eigenvalue weighted by molar-refractivity contribution is -0.132. The van der Waals surface area contributed by atoms with E-state index >= 15 is 0 Å². The number of carbonyl (C=O) groups is 2. The summed E-state index contributed by atoms with van der Waals surface area (Å²) in [7, 11) is 1.46. The molecule has 1 fully saturated rings. The molecule has 2 rings (SSSR count). The molecule has 8 heteroatoms. The quantitative estimate of drug-likeness (QED) is 0.860. The van der Waals surface area contributed by atoms with E-state index in [-0.39, 0.29) is 19.1 Å². The summed E-state index contributed by atoms with van der Waals surface area (Å²) in [6, 6.07) is 1.01. The number of nitrogens with one attached hydrogen (secondary N) is 1. The van der Waals surface area contributed by atoms with E-state index < -0.39 is 11.6 Å². The van der Waals surface area contributed by atoms with E-state index in [2.05, 4.69) is 10.3 Å². The summed E-state index contributed by atoms with van der Waals surface area (Å²) in [6.45, 7) is 1.68. The third-order valence-corrected chi connectivity index (χ3v) is 3.50. The zero-order chi connectivity index (χ0) is 14.9. The Hall–Kier alpha value is -1.37. The number of rotatable bonds is 4. The fourth-order valence-corrected chi connectivity index (χ4v) is 2.43. The van der Waals surface area contributed by atoms with Gasteiger partial charge < -0.3 is 10.1 Å². The summed E-state index contributed by atoms with van der Waals surface area (Å²) in [5.41, 5.74) is -0.661. The molecule has 0 aliphatic carbocycles. The molecule has 0 spiro atoms. The summed E-state index contributed by atoms with van der Waals surface area (Å²) in [5, 5.41) is 3.29. The Kier molecular flexibility index (Phi) is 4.17. The summed E-state index contributed by atoms with van der Waals surface area (Å²) in [4.78, 5) is 29.3. The van der Waals surface area contributed by atoms with Crippen molar-refractivity contribution < 1.29 is 14.3 Å². The van der Waals surface area contributed by atoms with Crippen LogP contribution in [0.15, 0.2) is 12.3 Å². The van der Waals surface area contributed by atoms with Crippen LogP contribution in [0.1, 0.15) is 12.6 Å². The number of halogens is 2. The van der Waals surface area contributed by atoms with Crippen molar-refractivity contribution in [2.75, 3.05) is 13.7 Å². The lowest BCUT2D eigenvalue weighted by Gasteiger charge is -2.20. The molecular weight excluding hydrogens is 305 g/mol. The number of hydrogen-bond donors (Lipinski definition) is 1. The molecule has 1 aromatic rings. The van der Waals surface area contributed by atoms with Gasteiger partial charge in [-0.15, -0.1) is 0 Å². The van der Waals surface area contributed by atoms with Crippen molar-refractivity contribution in [3.63, 3.8) is 0 Å². The summed E-state index contributed by atoms with van der Waals surface area (Å²) < 4.78 is 4.96. The highest BCUT2D eigenvalue weighted by atomic mass is 35.5. The second-order valence-electron chi connectivity index (χ2n) is 4.67. The van der Waals surface area contributed by atoms with Crippen LogP contribution in [-0.2, 0) is 16.1 Å². The van der Waals surface area contributed by atoms with Gasteiger partial charge in [-0.1, -0.05) is 23.2 Å². The van der Waals surface area contributed by atoms with Crippen molar-refractivity contribution in [1.82, 2.24) is 15.2 Å². The number of nitrogens with zero attached hydrogens (tertiary/aromatic N) is 2. The van der Waals surface area contributed by atoms with Gasteiger partial charge in [-0.3, -0.25) is 14.7 Å². The molecule has 6 nitrogen and oxygen atoms in total. The number of urea groups is 1. The number of amides is 3. The normalized spacial score (nSPS) is 22.3. The van der Waals surface area contributed by atoms with Gasteiger partial charge in [-0.25, -0.2) is 4.79 Å². The second kappa shape index (κ2) is 5.55.